The molecule has 0 saturated carbocycles. The van der Waals surface area contributed by atoms with Gasteiger partial charge in [-0.05, 0) is 47.4 Å². The summed E-state index contributed by atoms with van der Waals surface area (Å²) >= 11 is 0. The van der Waals surface area contributed by atoms with Crippen LogP contribution in [0.2, 0.25) is 0 Å². The smallest absolute Gasteiger partial charge is 0.407 e. The Labute approximate surface area is 277 Å². The highest BCUT2D eigenvalue weighted by Gasteiger charge is 2.34. The fraction of sp³-hybridized carbons (Fsp3) is 0.308. The van der Waals surface area contributed by atoms with Gasteiger partial charge >= 0.3 is 6.09 Å². The lowest BCUT2D eigenvalue weighted by atomic mass is 9.97. The Morgan fingerprint density at radius 1 is 0.979 bits per heavy atom. The number of nitrogens with zero attached hydrogens (tertiary/aromatic N) is 1. The molecule has 1 amide bonds. The van der Waals surface area contributed by atoms with Crippen LogP contribution in [0.4, 0.5) is 4.79 Å². The van der Waals surface area contributed by atoms with E-state index in [0.717, 1.165) is 38.9 Å². The molecule has 5 rings (SSSR count). The Morgan fingerprint density at radius 3 is 2.36 bits per heavy atom. The van der Waals surface area contributed by atoms with Crippen molar-refractivity contribution in [3.8, 4) is 11.1 Å². The Morgan fingerprint density at radius 2 is 1.66 bits per heavy atom. The maximum absolute atomic E-state index is 12.0. The Balaban J connectivity index is 1.33. The van der Waals surface area contributed by atoms with Gasteiger partial charge in [0.1, 0.15) is 6.61 Å². The highest BCUT2D eigenvalue weighted by Crippen LogP contribution is 2.39. The second kappa shape index (κ2) is 16.5. The fourth-order valence-electron chi connectivity index (χ4n) is 5.82. The summed E-state index contributed by atoms with van der Waals surface area (Å²) in [4.78, 5) is 14.1. The lowest BCUT2D eigenvalue weighted by Gasteiger charge is -2.39. The van der Waals surface area contributed by atoms with Gasteiger partial charge in [0.2, 0.25) is 0 Å². The minimum atomic E-state index is -0.637. The van der Waals surface area contributed by atoms with Crippen molar-refractivity contribution in [3.05, 3.63) is 144 Å². The molecule has 0 bridgehead atoms. The first-order valence-corrected chi connectivity index (χ1v) is 16.0. The summed E-state index contributed by atoms with van der Waals surface area (Å²) in [5, 5.41) is 23.4. The summed E-state index contributed by atoms with van der Waals surface area (Å²) in [5.74, 6) is 0. The lowest BCUT2D eigenvalue weighted by Crippen LogP contribution is -2.43. The molecule has 4 aromatic rings. The largest absolute Gasteiger partial charge is 0.445 e. The molecule has 8 nitrogen and oxygen atoms in total. The van der Waals surface area contributed by atoms with Gasteiger partial charge in [0.15, 0.2) is 6.29 Å². The number of benzene rings is 4. The highest BCUT2D eigenvalue weighted by atomic mass is 16.7. The van der Waals surface area contributed by atoms with Crippen molar-refractivity contribution in [2.75, 3.05) is 20.2 Å². The van der Waals surface area contributed by atoms with Crippen molar-refractivity contribution in [3.63, 3.8) is 0 Å². The van der Waals surface area contributed by atoms with Crippen molar-refractivity contribution in [2.45, 2.75) is 57.1 Å². The molecule has 1 fully saturated rings. The zero-order chi connectivity index (χ0) is 33.2. The number of nitrogens with one attached hydrogen (secondary N) is 1. The van der Waals surface area contributed by atoms with Crippen LogP contribution < -0.4 is 5.32 Å². The number of hydrogen-bond acceptors (Lipinski definition) is 7. The maximum atomic E-state index is 12.0. The zero-order valence-electron chi connectivity index (χ0n) is 27.0. The van der Waals surface area contributed by atoms with E-state index in [4.69, 9.17) is 14.2 Å². The molecule has 3 N–H and O–H groups in total. The minimum Gasteiger partial charge on any atom is -0.445 e. The fourth-order valence-corrected chi connectivity index (χ4v) is 5.82. The number of rotatable bonds is 13. The molecule has 0 aliphatic carbocycles. The number of aliphatic hydroxyl groups is 2. The molecule has 0 spiro atoms. The van der Waals surface area contributed by atoms with Gasteiger partial charge in [-0.15, -0.1) is 0 Å². The SMILES string of the molecule is C=CCOC(=O)NCc1ccccc1-c1ccc([C@@H]2O[C@H](CN(C)[C@@H](C)[C@H](O)c3ccccc3)C[C@H](c3ccc(CO)cc3)O2)cc1. The molecular weight excluding hydrogens is 592 g/mol. The van der Waals surface area contributed by atoms with Crippen LogP contribution >= 0.6 is 0 Å². The van der Waals surface area contributed by atoms with E-state index in [1.807, 2.05) is 117 Å². The third kappa shape index (κ3) is 8.94. The highest BCUT2D eigenvalue weighted by molar-refractivity contribution is 5.70. The zero-order valence-corrected chi connectivity index (χ0v) is 27.0. The van der Waals surface area contributed by atoms with Crippen molar-refractivity contribution < 1.29 is 29.2 Å². The van der Waals surface area contributed by atoms with Crippen LogP contribution in [0.15, 0.2) is 116 Å². The summed E-state index contributed by atoms with van der Waals surface area (Å²) in [7, 11) is 2.01. The predicted octanol–water partition coefficient (Wildman–Crippen LogP) is 6.86. The van der Waals surface area contributed by atoms with Crippen molar-refractivity contribution in [1.82, 2.24) is 10.2 Å². The first-order chi connectivity index (χ1) is 22.9. The molecular formula is C39H44N2O6. The number of hydrogen-bond donors (Lipinski definition) is 3. The van der Waals surface area contributed by atoms with Crippen LogP contribution in [-0.4, -0.2) is 53.6 Å². The number of ether oxygens (including phenoxy) is 3. The molecule has 5 atom stereocenters. The average Bonchev–Trinajstić information content (AvgIpc) is 3.13. The van der Waals surface area contributed by atoms with Crippen LogP contribution in [0.5, 0.6) is 0 Å². The summed E-state index contributed by atoms with van der Waals surface area (Å²) in [6, 6.07) is 33.4. The van der Waals surface area contributed by atoms with Gasteiger partial charge in [-0.1, -0.05) is 116 Å². The lowest BCUT2D eigenvalue weighted by molar-refractivity contribution is -0.253. The van der Waals surface area contributed by atoms with E-state index in [1.54, 1.807) is 0 Å². The number of alkyl carbamates (subject to hydrolysis) is 1. The quantitative estimate of drug-likeness (QED) is 0.138. The van der Waals surface area contributed by atoms with E-state index < -0.39 is 18.5 Å². The number of amides is 1. The number of aliphatic hydroxyl groups excluding tert-OH is 2. The summed E-state index contributed by atoms with van der Waals surface area (Å²) in [6.45, 7) is 6.66. The summed E-state index contributed by atoms with van der Waals surface area (Å²) < 4.78 is 18.2. The van der Waals surface area contributed by atoms with Gasteiger partial charge in [0, 0.05) is 31.1 Å². The van der Waals surface area contributed by atoms with Crippen LogP contribution in [0.25, 0.3) is 11.1 Å². The molecule has 246 valence electrons. The Hall–Kier alpha value is -4.31. The summed E-state index contributed by atoms with van der Waals surface area (Å²) in [5.41, 5.74) is 6.59. The van der Waals surface area contributed by atoms with E-state index >= 15 is 0 Å². The molecule has 1 aliphatic heterocycles. The molecule has 1 saturated heterocycles. The molecule has 0 radical (unpaired) electrons. The second-order valence-electron chi connectivity index (χ2n) is 11.9. The van der Waals surface area contributed by atoms with Gasteiger partial charge in [-0.3, -0.25) is 4.90 Å². The summed E-state index contributed by atoms with van der Waals surface area (Å²) in [6.07, 6.45) is 0.0429. The van der Waals surface area contributed by atoms with Gasteiger partial charge in [0.25, 0.3) is 0 Å². The van der Waals surface area contributed by atoms with Crippen LogP contribution in [0, 0.1) is 0 Å². The van der Waals surface area contributed by atoms with E-state index in [2.05, 4.69) is 16.8 Å². The van der Waals surface area contributed by atoms with Crippen molar-refractivity contribution >= 4 is 6.09 Å². The first kappa shape index (κ1) is 34.0. The topological polar surface area (TPSA) is 100 Å². The van der Waals surface area contributed by atoms with Gasteiger partial charge < -0.3 is 29.7 Å². The normalized spacial score (nSPS) is 19.1. The molecule has 1 heterocycles. The Bertz CT molecular complexity index is 1580. The number of likely N-dealkylation sites (N-methyl/N-ethyl adjacent to an activating group) is 1. The second-order valence-corrected chi connectivity index (χ2v) is 11.9. The van der Waals surface area contributed by atoms with E-state index in [1.165, 1.54) is 6.08 Å². The number of carbonyl (C=O) groups is 1. The predicted molar refractivity (Wildman–Crippen MR) is 182 cm³/mol. The van der Waals surface area contributed by atoms with E-state index in [9.17, 15) is 15.0 Å². The van der Waals surface area contributed by atoms with Crippen LogP contribution in [-0.2, 0) is 27.4 Å². The van der Waals surface area contributed by atoms with Crippen LogP contribution in [0.1, 0.15) is 59.7 Å². The van der Waals surface area contributed by atoms with E-state index in [0.29, 0.717) is 19.5 Å². The maximum Gasteiger partial charge on any atom is 0.407 e. The van der Waals surface area contributed by atoms with E-state index in [-0.39, 0.29) is 31.5 Å². The first-order valence-electron chi connectivity index (χ1n) is 16.0. The molecule has 0 unspecified atom stereocenters. The third-order valence-electron chi connectivity index (χ3n) is 8.67. The molecule has 4 aromatic carbocycles. The molecule has 0 aromatic heterocycles. The van der Waals surface area contributed by atoms with Gasteiger partial charge in [-0.2, -0.15) is 0 Å². The third-order valence-corrected chi connectivity index (χ3v) is 8.67. The van der Waals surface area contributed by atoms with Crippen LogP contribution in [0.3, 0.4) is 0 Å². The average molecular weight is 637 g/mol. The van der Waals surface area contributed by atoms with Gasteiger partial charge in [-0.25, -0.2) is 4.79 Å². The van der Waals surface area contributed by atoms with Crippen molar-refractivity contribution in [2.24, 2.45) is 0 Å². The molecule has 8 heteroatoms. The standard InChI is InChI=1S/C39H44N2O6/c1-4-22-45-39(44)40-24-33-12-8-9-13-35(33)29-18-20-32(21-19-29)38-46-34(23-36(47-38)30-16-14-28(26-42)15-17-30)25-41(3)27(2)37(43)31-10-6-5-7-11-31/h4-21,27,34,36-38,42-43H,1,22-26H2,2-3H3,(H,40,44)/t27-,34-,36+,37-,38+/m0/s1. The van der Waals surface area contributed by atoms with Crippen molar-refractivity contribution in [1.29, 1.82) is 0 Å². The molecule has 47 heavy (non-hydrogen) atoms. The van der Waals surface area contributed by atoms with Gasteiger partial charge in [0.05, 0.1) is 24.9 Å². The molecule has 1 aliphatic rings. The minimum absolute atomic E-state index is 0.0163. The Kier molecular flexibility index (Phi) is 11.9. The number of carbonyl (C=O) groups excluding carboxylic acids is 1. The monoisotopic (exact) mass is 636 g/mol.